The minimum atomic E-state index is -3.65. The molecule has 0 saturated heterocycles. The number of aromatic nitrogens is 4. The fourth-order valence-electron chi connectivity index (χ4n) is 6.82. The molecule has 8 rings (SSSR count). The lowest BCUT2D eigenvalue weighted by Crippen LogP contribution is -2.33. The molecule has 7 aromatic rings. The molecule has 0 bridgehead atoms. The zero-order valence-electron chi connectivity index (χ0n) is 31.3. The number of fused-ring (bicyclic) bond motifs is 3. The summed E-state index contributed by atoms with van der Waals surface area (Å²) < 4.78 is 76.5. The van der Waals surface area contributed by atoms with Gasteiger partial charge in [0.05, 0.1) is 78.9 Å². The Hall–Kier alpha value is -6.36. The molecule has 5 heterocycles. The topological polar surface area (TPSA) is 177 Å². The molecule has 0 spiro atoms. The van der Waals surface area contributed by atoms with E-state index in [1.807, 2.05) is 0 Å². The summed E-state index contributed by atoms with van der Waals surface area (Å²) in [6.45, 7) is 3.22. The molecule has 1 N–H and O–H groups in total. The number of carbonyl (C=O) groups excluding carboxylic acids is 2. The van der Waals surface area contributed by atoms with Crippen molar-refractivity contribution in [3.05, 3.63) is 143 Å². The molecule has 2 atom stereocenters. The number of nitrogens with zero attached hydrogens (tertiary/aromatic N) is 5. The second kappa shape index (κ2) is 15.2. The maximum absolute atomic E-state index is 13.9. The van der Waals surface area contributed by atoms with Crippen LogP contribution < -0.4 is 0 Å². The molecule has 0 fully saturated rings. The van der Waals surface area contributed by atoms with Gasteiger partial charge in [-0.2, -0.15) is 0 Å². The van der Waals surface area contributed by atoms with Crippen molar-refractivity contribution < 1.29 is 40.3 Å². The number of hydrogen-bond donors (Lipinski definition) is 1. The molecule has 4 aromatic heterocycles. The lowest BCUT2D eigenvalue weighted by atomic mass is 9.98. The van der Waals surface area contributed by atoms with Crippen LogP contribution in [0.5, 0.6) is 0 Å². The second-order valence-electron chi connectivity index (χ2n) is 13.7. The van der Waals surface area contributed by atoms with Gasteiger partial charge in [-0.05, 0) is 50.2 Å². The van der Waals surface area contributed by atoms with Gasteiger partial charge in [0.25, 0.3) is 11.8 Å². The number of rotatable bonds is 7. The molecule has 1 aliphatic rings. The molecule has 0 saturated carbocycles. The second-order valence-corrected chi connectivity index (χ2v) is 17.6. The Labute approximate surface area is 331 Å². The van der Waals surface area contributed by atoms with E-state index in [0.717, 1.165) is 29.8 Å². The summed E-state index contributed by atoms with van der Waals surface area (Å²) in [5, 5.41) is 10.1. The molecule has 294 valence electrons. The fourth-order valence-corrected chi connectivity index (χ4v) is 8.60. The molecule has 3 aromatic carbocycles. The largest absolute Gasteiger partial charge is 0.389 e. The number of hydrogen-bond acceptors (Lipinski definition) is 11. The number of pyridine rings is 4. The Bertz CT molecular complexity index is 3020. The first-order chi connectivity index (χ1) is 27.4. The first-order valence-electron chi connectivity index (χ1n) is 17.6. The normalized spacial score (nSPS) is 13.9. The SMILES string of the molecule is CC(O)c1cc2ncc(F)cc2nc1-c1ccccc1S(C)(=O)=O.CC(c1cc2ncc(F)cc2nc1-c1ccccc1S(C)(=O)=O)N1C(=O)c2ccccc2C1=O. The number of amides is 2. The zero-order chi connectivity index (χ0) is 41.7. The van der Waals surface area contributed by atoms with Crippen LogP contribution in [-0.4, -0.2) is 71.1 Å². The van der Waals surface area contributed by atoms with Gasteiger partial charge in [0.15, 0.2) is 19.7 Å². The summed E-state index contributed by atoms with van der Waals surface area (Å²) in [6, 6.07) is 24.1. The minimum Gasteiger partial charge on any atom is -0.389 e. The lowest BCUT2D eigenvalue weighted by molar-refractivity contribution is 0.0595. The van der Waals surface area contributed by atoms with Crippen molar-refractivity contribution in [2.75, 3.05) is 12.5 Å². The zero-order valence-corrected chi connectivity index (χ0v) is 32.9. The van der Waals surface area contributed by atoms with E-state index in [4.69, 9.17) is 0 Å². The fraction of sp³-hybridized carbons (Fsp3) is 0.143. The van der Waals surface area contributed by atoms with Gasteiger partial charge >= 0.3 is 0 Å². The van der Waals surface area contributed by atoms with E-state index in [9.17, 15) is 40.3 Å². The summed E-state index contributed by atoms with van der Waals surface area (Å²) >= 11 is 0. The van der Waals surface area contributed by atoms with Crippen LogP contribution in [0.1, 0.15) is 57.8 Å². The molecule has 58 heavy (non-hydrogen) atoms. The summed E-state index contributed by atoms with van der Waals surface area (Å²) in [4.78, 5) is 44.5. The van der Waals surface area contributed by atoms with Gasteiger partial charge < -0.3 is 5.11 Å². The summed E-state index contributed by atoms with van der Waals surface area (Å²) in [6.07, 6.45) is 3.42. The number of benzene rings is 3. The van der Waals surface area contributed by atoms with Crippen LogP contribution in [0.15, 0.2) is 119 Å². The van der Waals surface area contributed by atoms with E-state index in [0.29, 0.717) is 44.5 Å². The van der Waals surface area contributed by atoms with Crippen LogP contribution in [0, 0.1) is 11.6 Å². The molecule has 2 amide bonds. The maximum Gasteiger partial charge on any atom is 0.262 e. The van der Waals surface area contributed by atoms with E-state index < -0.39 is 55.3 Å². The van der Waals surface area contributed by atoms with Crippen LogP contribution in [0.2, 0.25) is 0 Å². The number of sulfone groups is 2. The predicted octanol–water partition coefficient (Wildman–Crippen LogP) is 7.09. The molecule has 12 nitrogen and oxygen atoms in total. The molecular formula is C42H33F2N5O7S2. The van der Waals surface area contributed by atoms with E-state index in [1.54, 1.807) is 86.6 Å². The molecule has 0 radical (unpaired) electrons. The third-order valence-electron chi connectivity index (χ3n) is 9.52. The first-order valence-corrected chi connectivity index (χ1v) is 21.4. The van der Waals surface area contributed by atoms with Crippen molar-refractivity contribution in [1.29, 1.82) is 0 Å². The van der Waals surface area contributed by atoms with E-state index in [2.05, 4.69) is 19.9 Å². The van der Waals surface area contributed by atoms with Crippen molar-refractivity contribution >= 4 is 53.6 Å². The van der Waals surface area contributed by atoms with E-state index in [1.165, 1.54) is 24.3 Å². The minimum absolute atomic E-state index is 0.0297. The molecule has 16 heteroatoms. The molecule has 1 aliphatic heterocycles. The van der Waals surface area contributed by atoms with E-state index in [-0.39, 0.29) is 32.1 Å². The molecular weight excluding hydrogens is 789 g/mol. The number of aliphatic hydroxyl groups excluding tert-OH is 1. The average molecular weight is 822 g/mol. The van der Waals surface area contributed by atoms with Gasteiger partial charge in [-0.3, -0.25) is 24.5 Å². The maximum atomic E-state index is 13.9. The van der Waals surface area contributed by atoms with Crippen molar-refractivity contribution in [2.45, 2.75) is 35.8 Å². The van der Waals surface area contributed by atoms with Crippen LogP contribution in [0.25, 0.3) is 44.6 Å². The van der Waals surface area contributed by atoms with Crippen molar-refractivity contribution in [1.82, 2.24) is 24.8 Å². The van der Waals surface area contributed by atoms with Gasteiger partial charge in [-0.15, -0.1) is 0 Å². The lowest BCUT2D eigenvalue weighted by Gasteiger charge is -2.25. The van der Waals surface area contributed by atoms with Gasteiger partial charge in [-0.1, -0.05) is 48.5 Å². The quantitative estimate of drug-likeness (QED) is 0.162. The van der Waals surface area contributed by atoms with Crippen LogP contribution >= 0.6 is 0 Å². The summed E-state index contributed by atoms with van der Waals surface area (Å²) in [5.74, 6) is -2.05. The average Bonchev–Trinajstić information content (AvgIpc) is 3.44. The van der Waals surface area contributed by atoms with Gasteiger partial charge in [-0.25, -0.2) is 35.6 Å². The smallest absolute Gasteiger partial charge is 0.262 e. The van der Waals surface area contributed by atoms with E-state index >= 15 is 0 Å². The first kappa shape index (κ1) is 39.9. The van der Waals surface area contributed by atoms with Crippen molar-refractivity contribution in [2.24, 2.45) is 0 Å². The molecule has 2 unspecified atom stereocenters. The number of halogens is 2. The van der Waals surface area contributed by atoms with Gasteiger partial charge in [0.2, 0.25) is 0 Å². The highest BCUT2D eigenvalue weighted by atomic mass is 32.2. The number of aliphatic hydroxyl groups is 1. The summed E-state index contributed by atoms with van der Waals surface area (Å²) in [7, 11) is -7.14. The van der Waals surface area contributed by atoms with Crippen molar-refractivity contribution in [3.8, 4) is 22.5 Å². The third-order valence-corrected chi connectivity index (χ3v) is 11.8. The highest BCUT2D eigenvalue weighted by Gasteiger charge is 2.40. The molecule has 0 aliphatic carbocycles. The van der Waals surface area contributed by atoms with Gasteiger partial charge in [0.1, 0.15) is 11.6 Å². The van der Waals surface area contributed by atoms with Crippen LogP contribution in [-0.2, 0) is 19.7 Å². The number of imide groups is 1. The highest BCUT2D eigenvalue weighted by molar-refractivity contribution is 7.91. The monoisotopic (exact) mass is 821 g/mol. The Morgan fingerprint density at radius 1 is 0.569 bits per heavy atom. The number of carbonyl (C=O) groups is 2. The Morgan fingerprint density at radius 3 is 1.36 bits per heavy atom. The van der Waals surface area contributed by atoms with Crippen molar-refractivity contribution in [3.63, 3.8) is 0 Å². The van der Waals surface area contributed by atoms with Crippen LogP contribution in [0.3, 0.4) is 0 Å². The standard InChI is InChI=1S/C25H18FN3O4S.C17H15FN2O3S/c1-14(29-24(30)16-7-3-4-8-17(16)25(29)31)19-12-20-21(11-15(26)13-27-20)28-23(19)18-9-5-6-10-22(18)34(2,32)33;1-10(21)13-8-14-15(7-11(18)9-19-14)20-17(13)12-5-3-4-6-16(12)24(2,22)23/h3-14H,1-2H3;3-10,21H,1-2H3. The van der Waals surface area contributed by atoms with Crippen LogP contribution in [0.4, 0.5) is 8.78 Å². The Morgan fingerprint density at radius 2 is 0.948 bits per heavy atom. The predicted molar refractivity (Wildman–Crippen MR) is 212 cm³/mol. The highest BCUT2D eigenvalue weighted by Crippen LogP contribution is 2.39. The third kappa shape index (κ3) is 7.56. The Balaban J connectivity index is 0.000000188. The Kier molecular flexibility index (Phi) is 10.4. The van der Waals surface area contributed by atoms with Gasteiger partial charge in [0, 0.05) is 46.9 Å². The summed E-state index contributed by atoms with van der Waals surface area (Å²) in [5.41, 5.74) is 3.89.